The third kappa shape index (κ3) is 3.44. The minimum absolute atomic E-state index is 0.167. The number of aromatic amines is 1. The van der Waals surface area contributed by atoms with Crippen molar-refractivity contribution in [3.05, 3.63) is 35.2 Å². The highest BCUT2D eigenvalue weighted by Gasteiger charge is 2.46. The molecule has 4 rings (SSSR count). The molecule has 1 saturated carbocycles. The number of nitrogens with one attached hydrogen (secondary N) is 2. The number of aryl methyl sites for hydroxylation is 1. The van der Waals surface area contributed by atoms with Gasteiger partial charge in [0.05, 0.1) is 10.4 Å². The van der Waals surface area contributed by atoms with Gasteiger partial charge in [-0.3, -0.25) is 4.79 Å². The molecular weight excluding hydrogens is 390 g/mol. The van der Waals surface area contributed by atoms with Crippen LogP contribution in [0.15, 0.2) is 24.7 Å². The molecule has 1 fully saturated rings. The van der Waals surface area contributed by atoms with Crippen molar-refractivity contribution in [2.24, 2.45) is 5.41 Å². The summed E-state index contributed by atoms with van der Waals surface area (Å²) in [6.07, 6.45) is 9.20. The largest absolute Gasteiger partial charge is 0.481 e. The van der Waals surface area contributed by atoms with Crippen LogP contribution in [0.1, 0.15) is 44.6 Å². The van der Waals surface area contributed by atoms with Crippen molar-refractivity contribution >= 4 is 34.4 Å². The molecule has 3 N–H and O–H groups in total. The van der Waals surface area contributed by atoms with E-state index in [9.17, 15) is 9.90 Å². The van der Waals surface area contributed by atoms with E-state index in [1.165, 1.54) is 0 Å². The fourth-order valence-electron chi connectivity index (χ4n) is 4.33. The lowest BCUT2D eigenvalue weighted by molar-refractivity contribution is -0.152. The Morgan fingerprint density at radius 1 is 1.38 bits per heavy atom. The second-order valence-electron chi connectivity index (χ2n) is 7.73. The fourth-order valence-corrected chi connectivity index (χ4v) is 4.48. The highest BCUT2D eigenvalue weighted by Crippen LogP contribution is 2.41. The van der Waals surface area contributed by atoms with Crippen LogP contribution in [0.5, 0.6) is 0 Å². The van der Waals surface area contributed by atoms with Gasteiger partial charge in [0.25, 0.3) is 0 Å². The lowest BCUT2D eigenvalue weighted by Crippen LogP contribution is -2.48. The van der Waals surface area contributed by atoms with Crippen molar-refractivity contribution in [1.82, 2.24) is 19.9 Å². The van der Waals surface area contributed by atoms with Crippen LogP contribution < -0.4 is 5.32 Å². The number of halogens is 1. The van der Waals surface area contributed by atoms with E-state index in [4.69, 9.17) is 16.6 Å². The van der Waals surface area contributed by atoms with E-state index in [1.807, 2.05) is 26.1 Å². The number of carboxylic acids is 1. The molecule has 0 radical (unpaired) electrons. The number of hydrogen-bond donors (Lipinski definition) is 3. The molecule has 3 aromatic rings. The van der Waals surface area contributed by atoms with Crippen molar-refractivity contribution in [2.75, 3.05) is 5.32 Å². The van der Waals surface area contributed by atoms with Gasteiger partial charge >= 0.3 is 5.97 Å². The molecule has 7 nitrogen and oxygen atoms in total. The highest BCUT2D eigenvalue weighted by atomic mass is 35.5. The molecule has 0 aromatic carbocycles. The third-order valence-corrected chi connectivity index (χ3v) is 6.32. The molecule has 0 aliphatic heterocycles. The molecule has 2 atom stereocenters. The second kappa shape index (κ2) is 7.63. The first-order chi connectivity index (χ1) is 13.9. The van der Waals surface area contributed by atoms with Crippen LogP contribution in [-0.2, 0) is 4.79 Å². The predicted molar refractivity (Wildman–Crippen MR) is 113 cm³/mol. The Hall–Kier alpha value is -2.67. The predicted octanol–water partition coefficient (Wildman–Crippen LogP) is 4.82. The first-order valence-corrected chi connectivity index (χ1v) is 10.3. The number of anilines is 1. The van der Waals surface area contributed by atoms with E-state index < -0.39 is 11.4 Å². The maximum atomic E-state index is 12.1. The van der Waals surface area contributed by atoms with Crippen LogP contribution in [0.4, 0.5) is 5.82 Å². The van der Waals surface area contributed by atoms with Crippen molar-refractivity contribution in [1.29, 1.82) is 0 Å². The maximum Gasteiger partial charge on any atom is 0.311 e. The van der Waals surface area contributed by atoms with Crippen molar-refractivity contribution in [3.8, 4) is 11.4 Å². The number of carbonyl (C=O) groups is 1. The Morgan fingerprint density at radius 2 is 2.21 bits per heavy atom. The molecule has 0 unspecified atom stereocenters. The molecule has 1 aliphatic rings. The topological polar surface area (TPSA) is 104 Å². The number of pyridine rings is 1. The van der Waals surface area contributed by atoms with Gasteiger partial charge in [-0.1, -0.05) is 31.4 Å². The summed E-state index contributed by atoms with van der Waals surface area (Å²) in [5.74, 6) is 0.480. The Kier molecular flexibility index (Phi) is 5.17. The van der Waals surface area contributed by atoms with Gasteiger partial charge in [-0.2, -0.15) is 0 Å². The van der Waals surface area contributed by atoms with E-state index in [1.54, 1.807) is 12.4 Å². The SMILES string of the molecule is CC[C@@]1(C(=O)O)CCCC[C@H]1Nc1nc(-c2c[nH]c3ncc(Cl)cc23)ncc1C. The molecule has 3 heterocycles. The summed E-state index contributed by atoms with van der Waals surface area (Å²) < 4.78 is 0. The first kappa shape index (κ1) is 19.6. The molecule has 152 valence electrons. The Morgan fingerprint density at radius 3 is 2.97 bits per heavy atom. The standard InChI is InChI=1S/C21H24ClN5O2/c1-3-21(20(28)29)7-5-4-6-16(21)26-17-12(2)9-23-19(27-17)15-11-25-18-14(15)8-13(22)10-24-18/h8-11,16H,3-7H2,1-2H3,(H,24,25)(H,28,29)(H,23,26,27)/t16-,21-/m1/s1. The monoisotopic (exact) mass is 413 g/mol. The van der Waals surface area contributed by atoms with Gasteiger partial charge in [-0.05, 0) is 32.3 Å². The molecule has 0 amide bonds. The Balaban J connectivity index is 1.72. The minimum Gasteiger partial charge on any atom is -0.481 e. The lowest BCUT2D eigenvalue weighted by atomic mass is 9.68. The molecular formula is C21H24ClN5O2. The van der Waals surface area contributed by atoms with Crippen LogP contribution in [0, 0.1) is 12.3 Å². The van der Waals surface area contributed by atoms with Crippen molar-refractivity contribution < 1.29 is 9.90 Å². The van der Waals surface area contributed by atoms with E-state index in [2.05, 4.69) is 20.3 Å². The summed E-state index contributed by atoms with van der Waals surface area (Å²) in [6.45, 7) is 3.88. The summed E-state index contributed by atoms with van der Waals surface area (Å²) in [5, 5.41) is 14.8. The van der Waals surface area contributed by atoms with Crippen molar-refractivity contribution in [3.63, 3.8) is 0 Å². The first-order valence-electron chi connectivity index (χ1n) is 9.91. The summed E-state index contributed by atoms with van der Waals surface area (Å²) in [7, 11) is 0. The van der Waals surface area contributed by atoms with Crippen LogP contribution in [0.25, 0.3) is 22.4 Å². The van der Waals surface area contributed by atoms with E-state index >= 15 is 0 Å². The van der Waals surface area contributed by atoms with Crippen molar-refractivity contribution in [2.45, 2.75) is 52.0 Å². The Bertz CT molecular complexity index is 1070. The molecule has 29 heavy (non-hydrogen) atoms. The number of carboxylic acid groups (broad SMARTS) is 1. The molecule has 0 bridgehead atoms. The summed E-state index contributed by atoms with van der Waals surface area (Å²) in [5.41, 5.74) is 1.63. The zero-order valence-electron chi connectivity index (χ0n) is 16.5. The average molecular weight is 414 g/mol. The van der Waals surface area contributed by atoms with E-state index in [-0.39, 0.29) is 6.04 Å². The smallest absolute Gasteiger partial charge is 0.311 e. The molecule has 0 spiro atoms. The summed E-state index contributed by atoms with van der Waals surface area (Å²) >= 11 is 6.11. The maximum absolute atomic E-state index is 12.1. The highest BCUT2D eigenvalue weighted by molar-refractivity contribution is 6.31. The quantitative estimate of drug-likeness (QED) is 0.554. The number of aliphatic carboxylic acids is 1. The number of hydrogen-bond acceptors (Lipinski definition) is 5. The lowest BCUT2D eigenvalue weighted by Gasteiger charge is -2.41. The number of aromatic nitrogens is 4. The molecule has 0 saturated heterocycles. The molecule has 1 aliphatic carbocycles. The third-order valence-electron chi connectivity index (χ3n) is 6.11. The number of fused-ring (bicyclic) bond motifs is 1. The van der Waals surface area contributed by atoms with Crippen LogP contribution in [-0.4, -0.2) is 37.1 Å². The van der Waals surface area contributed by atoms with Gasteiger partial charge in [0.2, 0.25) is 0 Å². The zero-order valence-corrected chi connectivity index (χ0v) is 17.3. The number of H-pyrrole nitrogens is 1. The van der Waals surface area contributed by atoms with Crippen LogP contribution in [0.2, 0.25) is 5.02 Å². The molecule has 8 heteroatoms. The summed E-state index contributed by atoms with van der Waals surface area (Å²) in [6, 6.07) is 1.67. The Labute approximate surface area is 173 Å². The van der Waals surface area contributed by atoms with E-state index in [0.29, 0.717) is 35.2 Å². The summed E-state index contributed by atoms with van der Waals surface area (Å²) in [4.78, 5) is 28.8. The number of nitrogens with zero attached hydrogens (tertiary/aromatic N) is 3. The number of rotatable bonds is 5. The fraction of sp³-hybridized carbons (Fsp3) is 0.429. The minimum atomic E-state index is -0.770. The van der Waals surface area contributed by atoms with Gasteiger partial charge in [0.1, 0.15) is 11.5 Å². The second-order valence-corrected chi connectivity index (χ2v) is 8.17. The van der Waals surface area contributed by atoms with Gasteiger partial charge in [-0.25, -0.2) is 15.0 Å². The molecule has 3 aromatic heterocycles. The van der Waals surface area contributed by atoms with Gasteiger partial charge in [0.15, 0.2) is 5.82 Å². The zero-order chi connectivity index (χ0) is 20.6. The van der Waals surface area contributed by atoms with Crippen LogP contribution >= 0.6 is 11.6 Å². The normalized spacial score (nSPS) is 22.0. The van der Waals surface area contributed by atoms with Gasteiger partial charge < -0.3 is 15.4 Å². The van der Waals surface area contributed by atoms with E-state index in [0.717, 1.165) is 35.8 Å². The van der Waals surface area contributed by atoms with Gasteiger partial charge in [0, 0.05) is 41.1 Å². The van der Waals surface area contributed by atoms with Crippen LogP contribution in [0.3, 0.4) is 0 Å². The average Bonchev–Trinajstić information content (AvgIpc) is 3.13. The van der Waals surface area contributed by atoms with Gasteiger partial charge in [-0.15, -0.1) is 0 Å².